The van der Waals surface area contributed by atoms with Crippen LogP contribution < -0.4 is 10.2 Å². The molecule has 5 nitrogen and oxygen atoms in total. The van der Waals surface area contributed by atoms with Gasteiger partial charge < -0.3 is 19.6 Å². The van der Waals surface area contributed by atoms with Gasteiger partial charge in [-0.1, -0.05) is 245 Å². The third kappa shape index (κ3) is 13.2. The molecule has 0 unspecified atom stereocenters. The van der Waals surface area contributed by atoms with Crippen LogP contribution in [0.1, 0.15) is 111 Å². The molecule has 8 heteroatoms. The van der Waals surface area contributed by atoms with Crippen molar-refractivity contribution in [3.8, 4) is 11.5 Å². The normalized spacial score (nSPS) is 12.2. The standard InChI is InChI=1S/C53H61NO3.C4H12NSi2.Sc/c1-50(2,40-22-14-10-15-23-40)44-32-38(48(55)46(34-44)52(5,6)42-26-18-12-19-27-42)36-54(30-31-57-9)37-39-33-45(51(3,4)41-24-16-11-17-25-41)35-47(49(39)56)53(7,8)43-28-20-13-21-29-43;1-6(2)5-7(3)4;/h10-29,32-35,55-56H,30-31,36-37H2,1-9H3;1-4H3;/q;-1;+3/p-2. The van der Waals surface area contributed by atoms with Crippen molar-refractivity contribution in [3.63, 3.8) is 0 Å². The zero-order valence-corrected chi connectivity index (χ0v) is 45.2. The van der Waals surface area contributed by atoms with Crippen LogP contribution in [-0.4, -0.2) is 43.1 Å². The Morgan fingerprint density at radius 1 is 0.462 bits per heavy atom. The number of methoxy groups -OCH3 is 1. The van der Waals surface area contributed by atoms with Crippen LogP contribution in [0.25, 0.3) is 4.65 Å². The summed E-state index contributed by atoms with van der Waals surface area (Å²) in [4.78, 5) is 2.22. The molecule has 0 amide bonds. The first kappa shape index (κ1) is 53.7. The summed E-state index contributed by atoms with van der Waals surface area (Å²) in [5.74, 6) is 0.0668. The summed E-state index contributed by atoms with van der Waals surface area (Å²) in [6.45, 7) is 28.1. The molecule has 0 N–H and O–H groups in total. The fourth-order valence-corrected chi connectivity index (χ4v) is 12.3. The number of hydrogen-bond acceptors (Lipinski definition) is 4. The number of nitrogens with zero attached hydrogens (tertiary/aromatic N) is 2. The van der Waals surface area contributed by atoms with Crippen molar-refractivity contribution in [2.45, 2.75) is 116 Å². The Morgan fingerprint density at radius 3 is 1.02 bits per heavy atom. The minimum absolute atomic E-state index is 0. The van der Waals surface area contributed by atoms with Gasteiger partial charge in [0.15, 0.2) is 0 Å². The van der Waals surface area contributed by atoms with Crippen molar-refractivity contribution in [1.82, 2.24) is 4.90 Å². The molecule has 0 spiro atoms. The molecule has 0 saturated heterocycles. The van der Waals surface area contributed by atoms with Crippen molar-refractivity contribution in [3.05, 3.63) is 206 Å². The topological polar surface area (TPSA) is 72.7 Å². The van der Waals surface area contributed by atoms with E-state index in [0.29, 0.717) is 37.4 Å². The first-order valence-electron chi connectivity index (χ1n) is 22.7. The largest absolute Gasteiger partial charge is 3.00 e. The van der Waals surface area contributed by atoms with Crippen LogP contribution in [-0.2, 0) is 65.3 Å². The van der Waals surface area contributed by atoms with Gasteiger partial charge in [0.25, 0.3) is 0 Å². The molecule has 0 atom stereocenters. The Kier molecular flexibility index (Phi) is 19.2. The van der Waals surface area contributed by atoms with E-state index in [2.05, 4.69) is 188 Å². The number of hydrogen-bond donors (Lipinski definition) is 0. The van der Waals surface area contributed by atoms with Gasteiger partial charge >= 0.3 is 25.8 Å². The van der Waals surface area contributed by atoms with Gasteiger partial charge in [-0.3, -0.25) is 4.90 Å². The predicted molar refractivity (Wildman–Crippen MR) is 270 cm³/mol. The van der Waals surface area contributed by atoms with Crippen LogP contribution in [0.15, 0.2) is 146 Å². The summed E-state index contributed by atoms with van der Waals surface area (Å²) in [5, 5.41) is 29.8. The molecule has 0 aliphatic heterocycles. The smallest absolute Gasteiger partial charge is 0.872 e. The van der Waals surface area contributed by atoms with Gasteiger partial charge in [0.05, 0.1) is 6.61 Å². The molecule has 0 aliphatic carbocycles. The molecular weight excluding hydrogens is 862 g/mol. The molecule has 2 radical (unpaired) electrons. The van der Waals surface area contributed by atoms with Gasteiger partial charge in [-0.25, -0.2) is 0 Å². The van der Waals surface area contributed by atoms with Gasteiger partial charge in [0, 0.05) is 48.4 Å². The molecule has 0 aliphatic rings. The second-order valence-corrected chi connectivity index (χ2v) is 24.4. The fourth-order valence-electron chi connectivity index (χ4n) is 8.69. The Labute approximate surface area is 414 Å². The van der Waals surface area contributed by atoms with Crippen LogP contribution in [0.4, 0.5) is 0 Å². The molecule has 0 fully saturated rings. The van der Waals surface area contributed by atoms with E-state index in [-0.39, 0.29) is 66.1 Å². The second-order valence-electron chi connectivity index (χ2n) is 19.7. The van der Waals surface area contributed by atoms with E-state index in [4.69, 9.17) is 4.74 Å². The monoisotopic (exact) mass is 932 g/mol. The third-order valence-electron chi connectivity index (χ3n) is 13.0. The summed E-state index contributed by atoms with van der Waals surface area (Å²) in [6.07, 6.45) is 0. The van der Waals surface area contributed by atoms with E-state index in [0.717, 1.165) is 33.4 Å². The van der Waals surface area contributed by atoms with Crippen molar-refractivity contribution in [1.29, 1.82) is 0 Å². The summed E-state index contributed by atoms with van der Waals surface area (Å²) in [6, 6.07) is 50.1. The van der Waals surface area contributed by atoms with E-state index in [1.807, 2.05) is 48.5 Å². The van der Waals surface area contributed by atoms with Crippen molar-refractivity contribution in [2.24, 2.45) is 0 Å². The van der Waals surface area contributed by atoms with Crippen molar-refractivity contribution < 1.29 is 40.8 Å². The average Bonchev–Trinajstić information content (AvgIpc) is 3.27. The molecule has 6 aromatic carbocycles. The van der Waals surface area contributed by atoms with Crippen LogP contribution in [0.2, 0.25) is 26.2 Å². The Balaban J connectivity index is 0.00000107. The quantitative estimate of drug-likeness (QED) is 0.0854. The van der Waals surface area contributed by atoms with Gasteiger partial charge in [0.2, 0.25) is 0 Å². The number of ether oxygens (including phenoxy) is 1. The van der Waals surface area contributed by atoms with Gasteiger partial charge in [-0.05, 0) is 55.6 Å². The molecule has 0 saturated carbocycles. The van der Waals surface area contributed by atoms with Gasteiger partial charge in [-0.2, -0.15) is 0 Å². The van der Waals surface area contributed by atoms with Gasteiger partial charge in [-0.15, -0.1) is 11.5 Å². The van der Waals surface area contributed by atoms with E-state index < -0.39 is 10.8 Å². The zero-order valence-electron chi connectivity index (χ0n) is 41.4. The van der Waals surface area contributed by atoms with Gasteiger partial charge in [0.1, 0.15) is 0 Å². The molecular formula is C57H71N2O3ScSi2. The fraction of sp³-hybridized carbons (Fsp3) is 0.368. The maximum Gasteiger partial charge on any atom is 3.00 e. The predicted octanol–water partition coefficient (Wildman–Crippen LogP) is 12.6. The number of benzene rings is 6. The first-order chi connectivity index (χ1) is 30.2. The molecule has 65 heavy (non-hydrogen) atoms. The van der Waals surface area contributed by atoms with E-state index in [9.17, 15) is 10.2 Å². The summed E-state index contributed by atoms with van der Waals surface area (Å²) >= 11 is 0. The Morgan fingerprint density at radius 2 is 0.754 bits per heavy atom. The van der Waals surface area contributed by atoms with E-state index in [1.54, 1.807) is 7.11 Å². The Bertz CT molecular complexity index is 2220. The van der Waals surface area contributed by atoms with Crippen LogP contribution >= 0.6 is 0 Å². The minimum Gasteiger partial charge on any atom is -0.872 e. The number of rotatable bonds is 17. The summed E-state index contributed by atoms with van der Waals surface area (Å²) < 4.78 is 10.1. The third-order valence-corrected chi connectivity index (χ3v) is 16.5. The molecule has 6 rings (SSSR count). The van der Waals surface area contributed by atoms with Crippen molar-refractivity contribution in [2.75, 3.05) is 20.3 Å². The molecule has 0 aromatic heterocycles. The van der Waals surface area contributed by atoms with Crippen LogP contribution in [0.5, 0.6) is 11.5 Å². The van der Waals surface area contributed by atoms with Crippen LogP contribution in [0.3, 0.4) is 0 Å². The maximum absolute atomic E-state index is 14.9. The van der Waals surface area contributed by atoms with Crippen LogP contribution in [0, 0.1) is 0 Å². The zero-order chi connectivity index (χ0) is 46.9. The van der Waals surface area contributed by atoms with E-state index >= 15 is 0 Å². The second kappa shape index (κ2) is 23.2. The minimum atomic E-state index is -0.551. The molecule has 0 bridgehead atoms. The summed E-state index contributed by atoms with van der Waals surface area (Å²) in [7, 11) is 1.17. The molecule has 6 aromatic rings. The molecule has 0 heterocycles. The average molecular weight is 933 g/mol. The van der Waals surface area contributed by atoms with Crippen molar-refractivity contribution >= 4 is 17.9 Å². The maximum atomic E-state index is 14.9. The first-order valence-corrected chi connectivity index (χ1v) is 27.6. The van der Waals surface area contributed by atoms with E-state index in [1.165, 1.54) is 11.1 Å². The Hall–Kier alpha value is -3.90. The molecule has 338 valence electrons. The SMILES string of the molecule is COCCN(Cc1cc(C(C)(C)c2ccccc2)cc(C(C)(C)c2ccccc2)c1[O-])Cc1cc(C(C)(C)c2ccccc2)cc(C(C)(C)c2ccccc2)c1[O-].C[Si](C)[N-][Si](C)C.[Sc+3]. The summed E-state index contributed by atoms with van der Waals surface area (Å²) in [5.41, 5.74) is 7.79.